The van der Waals surface area contributed by atoms with Crippen LogP contribution in [0, 0.1) is 23.7 Å². The molecule has 0 spiro atoms. The predicted molar refractivity (Wildman–Crippen MR) is 303 cm³/mol. The van der Waals surface area contributed by atoms with Gasteiger partial charge in [0, 0.05) is 116 Å². The van der Waals surface area contributed by atoms with Crippen LogP contribution in [0.1, 0.15) is 66.5 Å². The van der Waals surface area contributed by atoms with Gasteiger partial charge in [-0.15, -0.1) is 11.8 Å². The van der Waals surface area contributed by atoms with Gasteiger partial charge >= 0.3 is 12.2 Å². The molecule has 4 aromatic carbocycles. The highest BCUT2D eigenvalue weighted by atomic mass is 35.5. The molecule has 4 aliphatic rings. The number of morpholine rings is 1. The number of β-amino-alcohol motifs (C(OH)–C–C–N with tert-alkyl or cyclic N) is 2. The van der Waals surface area contributed by atoms with Crippen molar-refractivity contribution in [3.05, 3.63) is 129 Å². The van der Waals surface area contributed by atoms with Crippen LogP contribution in [0.15, 0.2) is 84.9 Å². The summed E-state index contributed by atoms with van der Waals surface area (Å²) in [5.74, 6) is 12.4. The number of ether oxygens (including phenoxy) is 5. The van der Waals surface area contributed by atoms with E-state index < -0.39 is 24.4 Å². The molecule has 10 rings (SSSR count). The molecule has 4 atom stereocenters. The van der Waals surface area contributed by atoms with Crippen LogP contribution in [-0.4, -0.2) is 180 Å². The van der Waals surface area contributed by atoms with Crippen LogP contribution in [0.3, 0.4) is 0 Å². The Labute approximate surface area is 470 Å². The number of amides is 3. The molecule has 6 heterocycles. The number of aromatic amines is 2. The summed E-state index contributed by atoms with van der Waals surface area (Å²) in [5.41, 5.74) is 7.93. The molecule has 3 amide bonds. The van der Waals surface area contributed by atoms with Gasteiger partial charge in [0.25, 0.3) is 0 Å². The topological polar surface area (TPSA) is 186 Å². The highest BCUT2D eigenvalue weighted by molar-refractivity contribution is 6.31. The van der Waals surface area contributed by atoms with Crippen LogP contribution in [0.25, 0.3) is 21.8 Å². The van der Waals surface area contributed by atoms with E-state index in [1.54, 1.807) is 30.6 Å². The van der Waals surface area contributed by atoms with Crippen molar-refractivity contribution in [1.29, 1.82) is 0 Å². The third-order valence-corrected chi connectivity index (χ3v) is 15.1. The maximum atomic E-state index is 13.1. The molecule has 2 fully saturated rings. The molecule has 0 aliphatic carbocycles. The zero-order valence-corrected chi connectivity index (χ0v) is 46.3. The van der Waals surface area contributed by atoms with E-state index >= 15 is 0 Å². The fourth-order valence-electron chi connectivity index (χ4n) is 10.7. The van der Waals surface area contributed by atoms with Crippen molar-refractivity contribution in [2.24, 2.45) is 0 Å². The lowest BCUT2D eigenvalue weighted by molar-refractivity contribution is -0.130. The molecule has 2 aromatic heterocycles. The average molecular weight is 1120 g/mol. The van der Waals surface area contributed by atoms with E-state index in [0.717, 1.165) is 81.6 Å². The van der Waals surface area contributed by atoms with Crippen molar-refractivity contribution in [3.63, 3.8) is 0 Å². The molecular formula is C60H67Cl2N7O10. The Morgan fingerprint density at radius 1 is 0.620 bits per heavy atom. The summed E-state index contributed by atoms with van der Waals surface area (Å²) in [5, 5.41) is 24.4. The van der Waals surface area contributed by atoms with Gasteiger partial charge in [-0.2, -0.15) is 0 Å². The quantitative estimate of drug-likeness (QED) is 0.0777. The Kier molecular flexibility index (Phi) is 19.3. The highest BCUT2D eigenvalue weighted by Gasteiger charge is 2.37. The van der Waals surface area contributed by atoms with Crippen molar-refractivity contribution in [2.45, 2.75) is 57.9 Å². The van der Waals surface area contributed by atoms with Gasteiger partial charge in [-0.25, -0.2) is 9.59 Å². The zero-order valence-electron chi connectivity index (χ0n) is 44.8. The van der Waals surface area contributed by atoms with Gasteiger partial charge in [-0.05, 0) is 110 Å². The number of carbonyl (C=O) groups excluding carboxylic acids is 3. The SMILES string of the molecule is CC#CCOC(=O)N1CCc2c([nH]c3ccc(Cl)cc23)C1c1ccc(OCC(O)CN2CCN(C(C)=O)CC2)cc1.CC#CCOC(=O)N1CCc2c([nH]c3ccc(Cl)cc23)C1c1ccc(OCC(O)CN2CCOCC2)cc1. The number of hydrogen-bond acceptors (Lipinski definition) is 12. The Morgan fingerprint density at radius 3 is 1.47 bits per heavy atom. The van der Waals surface area contributed by atoms with Crippen molar-refractivity contribution >= 4 is 63.1 Å². The van der Waals surface area contributed by atoms with Crippen LogP contribution < -0.4 is 9.47 Å². The van der Waals surface area contributed by atoms with Gasteiger partial charge in [0.05, 0.1) is 13.2 Å². The van der Waals surface area contributed by atoms with Gasteiger partial charge in [0.15, 0.2) is 13.2 Å². The summed E-state index contributed by atoms with van der Waals surface area (Å²) >= 11 is 12.6. The normalized spacial score (nSPS) is 18.1. The number of benzene rings is 4. The summed E-state index contributed by atoms with van der Waals surface area (Å²) in [4.78, 5) is 54.4. The van der Waals surface area contributed by atoms with E-state index in [-0.39, 0.29) is 44.4 Å². The fourth-order valence-corrected chi connectivity index (χ4v) is 11.1. The lowest BCUT2D eigenvalue weighted by Crippen LogP contribution is -2.50. The number of nitrogens with one attached hydrogen (secondary N) is 2. The number of rotatable bonds is 14. The first-order valence-electron chi connectivity index (χ1n) is 26.7. The number of carbonyl (C=O) groups is 3. The largest absolute Gasteiger partial charge is 0.491 e. The van der Waals surface area contributed by atoms with Crippen molar-refractivity contribution in [2.75, 3.05) is 105 Å². The van der Waals surface area contributed by atoms with Crippen molar-refractivity contribution < 1.29 is 48.3 Å². The lowest BCUT2D eigenvalue weighted by atomic mass is 9.92. The standard InChI is InChI=1S/C31H35ClN4O5.C29H32ClN3O5/c1-3-4-17-40-31(39)36-12-11-26-27-18-23(32)7-10-28(27)33-29(26)30(36)22-5-8-25(9-6-22)41-20-24(38)19-34-13-15-35(16-14-34)21(2)37;1-2-3-14-37-29(35)33-11-10-24-25-17-21(30)6-9-26(25)31-27(24)28(33)20-4-7-23(8-5-20)38-19-22(34)18-32-12-15-36-16-13-32/h5-10,18,24,30,33,38H,11-17,19-20H2,1-2H3;4-9,17,22,28,31,34H,10-16,18-19H2,1H3. The van der Waals surface area contributed by atoms with Gasteiger partial charge in [-0.1, -0.05) is 59.3 Å². The molecule has 0 bridgehead atoms. The molecule has 4 aliphatic heterocycles. The maximum absolute atomic E-state index is 13.1. The summed E-state index contributed by atoms with van der Waals surface area (Å²) in [6, 6.07) is 26.0. The molecule has 0 radical (unpaired) electrons. The van der Waals surface area contributed by atoms with Gasteiger partial charge < -0.3 is 48.8 Å². The Balaban J connectivity index is 0.000000192. The number of piperazine rings is 1. The number of nitrogens with zero attached hydrogens (tertiary/aromatic N) is 5. The number of aromatic nitrogens is 2. The molecule has 17 nitrogen and oxygen atoms in total. The Hall–Kier alpha value is -6.93. The molecule has 6 aromatic rings. The first-order valence-corrected chi connectivity index (χ1v) is 27.5. The number of aliphatic hydroxyl groups excluding tert-OH is 2. The first kappa shape index (κ1) is 56.8. The fraction of sp³-hybridized carbons (Fsp3) is 0.417. The van der Waals surface area contributed by atoms with Crippen molar-refractivity contribution in [3.8, 4) is 35.2 Å². The van der Waals surface area contributed by atoms with Crippen LogP contribution in [0.5, 0.6) is 11.5 Å². The molecule has 416 valence electrons. The van der Waals surface area contributed by atoms with Crippen LogP contribution in [0.2, 0.25) is 10.0 Å². The number of H-pyrrole nitrogens is 2. The number of fused-ring (bicyclic) bond motifs is 6. The smallest absolute Gasteiger partial charge is 0.411 e. The minimum absolute atomic E-state index is 0.0369. The maximum Gasteiger partial charge on any atom is 0.411 e. The Bertz CT molecular complexity index is 3200. The van der Waals surface area contributed by atoms with Crippen LogP contribution in [0.4, 0.5) is 9.59 Å². The first-order chi connectivity index (χ1) is 38.4. The predicted octanol–water partition coefficient (Wildman–Crippen LogP) is 7.83. The molecule has 4 N–H and O–H groups in total. The lowest BCUT2D eigenvalue weighted by Gasteiger charge is -2.35. The number of halogens is 2. The highest BCUT2D eigenvalue weighted by Crippen LogP contribution is 2.42. The molecule has 4 unspecified atom stereocenters. The zero-order chi connectivity index (χ0) is 55.4. The monoisotopic (exact) mass is 1120 g/mol. The Morgan fingerprint density at radius 2 is 1.05 bits per heavy atom. The van der Waals surface area contributed by atoms with E-state index in [2.05, 4.69) is 43.4 Å². The average Bonchev–Trinajstić information content (AvgIpc) is 4.27. The van der Waals surface area contributed by atoms with E-state index in [9.17, 15) is 24.6 Å². The van der Waals surface area contributed by atoms with Crippen LogP contribution >= 0.6 is 23.2 Å². The number of hydrogen-bond donors (Lipinski definition) is 4. The second-order valence-electron chi connectivity index (χ2n) is 19.9. The summed E-state index contributed by atoms with van der Waals surface area (Å²) in [7, 11) is 0. The summed E-state index contributed by atoms with van der Waals surface area (Å²) in [6.45, 7) is 13.3. The van der Waals surface area contributed by atoms with E-state index in [1.165, 1.54) is 0 Å². The molecule has 79 heavy (non-hydrogen) atoms. The van der Waals surface area contributed by atoms with Gasteiger partial charge in [0.1, 0.15) is 49.0 Å². The third kappa shape index (κ3) is 14.1. The third-order valence-electron chi connectivity index (χ3n) is 14.7. The molecular weight excluding hydrogens is 1050 g/mol. The minimum Gasteiger partial charge on any atom is -0.491 e. The second kappa shape index (κ2) is 26.8. The summed E-state index contributed by atoms with van der Waals surface area (Å²) in [6.07, 6.45) is -0.733. The molecule has 0 saturated carbocycles. The van der Waals surface area contributed by atoms with E-state index in [0.29, 0.717) is 86.9 Å². The number of aliphatic hydroxyl groups is 2. The summed E-state index contributed by atoms with van der Waals surface area (Å²) < 4.78 is 28.0. The van der Waals surface area contributed by atoms with E-state index in [4.69, 9.17) is 46.9 Å². The van der Waals surface area contributed by atoms with Gasteiger partial charge in [-0.3, -0.25) is 24.4 Å². The molecule has 2 saturated heterocycles. The molecule has 19 heteroatoms. The van der Waals surface area contributed by atoms with E-state index in [1.807, 2.05) is 89.8 Å². The van der Waals surface area contributed by atoms with Gasteiger partial charge in [0.2, 0.25) is 5.91 Å². The van der Waals surface area contributed by atoms with Crippen LogP contribution in [-0.2, 0) is 31.8 Å². The minimum atomic E-state index is -0.658. The van der Waals surface area contributed by atoms with Crippen molar-refractivity contribution in [1.82, 2.24) is 34.5 Å². The second-order valence-corrected chi connectivity index (χ2v) is 20.7.